The number of halogens is 2. The summed E-state index contributed by atoms with van der Waals surface area (Å²) in [6.07, 6.45) is 7.08. The predicted octanol–water partition coefficient (Wildman–Crippen LogP) is 2.73. The Labute approximate surface area is 213 Å². The van der Waals surface area contributed by atoms with E-state index in [1.807, 2.05) is 6.07 Å². The molecular weight excluding hydrogens is 484 g/mol. The highest BCUT2D eigenvalue weighted by Crippen LogP contribution is 2.38. The van der Waals surface area contributed by atoms with Gasteiger partial charge in [0.1, 0.15) is 11.7 Å². The molecule has 2 amide bonds. The topological polar surface area (TPSA) is 137 Å². The Morgan fingerprint density at radius 3 is 2.70 bits per heavy atom. The molecule has 0 bridgehead atoms. The number of nitrogens with two attached hydrogens (primary N) is 1. The zero-order valence-corrected chi connectivity index (χ0v) is 20.6. The lowest BCUT2D eigenvalue weighted by Gasteiger charge is -2.33. The van der Waals surface area contributed by atoms with Gasteiger partial charge in [-0.15, -0.1) is 0 Å². The Bertz CT molecular complexity index is 1170. The fourth-order valence-corrected chi connectivity index (χ4v) is 4.42. The number of amides is 2. The van der Waals surface area contributed by atoms with Crippen LogP contribution in [0.2, 0.25) is 0 Å². The number of nitrogens with one attached hydrogen (secondary N) is 2. The van der Waals surface area contributed by atoms with E-state index in [-0.39, 0.29) is 44.0 Å². The number of nitrogens with zero attached hydrogens (tertiary/aromatic N) is 4. The molecule has 4 N–H and O–H groups in total. The zero-order valence-electron chi connectivity index (χ0n) is 20.6. The number of hydrogen-bond acceptors (Lipinski definition) is 7. The molecule has 0 aliphatic heterocycles. The number of alkyl halides is 2. The van der Waals surface area contributed by atoms with Crippen LogP contribution >= 0.6 is 0 Å². The van der Waals surface area contributed by atoms with Gasteiger partial charge in [0, 0.05) is 43.2 Å². The van der Waals surface area contributed by atoms with Crippen LogP contribution in [0.4, 0.5) is 8.78 Å². The van der Waals surface area contributed by atoms with Crippen molar-refractivity contribution >= 4 is 18.0 Å². The van der Waals surface area contributed by atoms with Gasteiger partial charge in [-0.1, -0.05) is 6.07 Å². The number of ether oxygens (including phenoxy) is 1. The second-order valence-corrected chi connectivity index (χ2v) is 9.29. The van der Waals surface area contributed by atoms with E-state index in [0.717, 1.165) is 18.4 Å². The predicted molar refractivity (Wildman–Crippen MR) is 132 cm³/mol. The minimum Gasteiger partial charge on any atom is -0.481 e. The lowest BCUT2D eigenvalue weighted by atomic mass is 9.81. The van der Waals surface area contributed by atoms with Gasteiger partial charge in [-0.2, -0.15) is 5.10 Å². The summed E-state index contributed by atoms with van der Waals surface area (Å²) in [5.41, 5.74) is 6.99. The third-order valence-electron chi connectivity index (χ3n) is 6.58. The number of methoxy groups -OCH3 is 1. The minimum atomic E-state index is -2.77. The minimum absolute atomic E-state index is 0.101. The van der Waals surface area contributed by atoms with Gasteiger partial charge in [0.15, 0.2) is 0 Å². The summed E-state index contributed by atoms with van der Waals surface area (Å²) in [5.74, 6) is -3.82. The fraction of sp³-hybridized carbons (Fsp3) is 0.480. The Morgan fingerprint density at radius 2 is 2.03 bits per heavy atom. The maximum Gasteiger partial charge on any atom is 0.270 e. The number of aromatic nitrogens is 3. The first-order valence-corrected chi connectivity index (χ1v) is 12.2. The van der Waals surface area contributed by atoms with Crippen LogP contribution in [0, 0.1) is 5.92 Å². The number of carbonyl (C=O) groups is 2. The average molecular weight is 516 g/mol. The van der Waals surface area contributed by atoms with E-state index in [4.69, 9.17) is 10.5 Å². The summed E-state index contributed by atoms with van der Waals surface area (Å²) in [5, 5.41) is 9.66. The molecule has 0 saturated heterocycles. The van der Waals surface area contributed by atoms with Crippen molar-refractivity contribution in [3.63, 3.8) is 0 Å². The lowest BCUT2D eigenvalue weighted by Crippen LogP contribution is -2.52. The van der Waals surface area contributed by atoms with Crippen LogP contribution in [0.3, 0.4) is 0 Å². The van der Waals surface area contributed by atoms with E-state index in [0.29, 0.717) is 11.6 Å². The fourth-order valence-electron chi connectivity index (χ4n) is 4.42. The number of allylic oxidation sites excluding steroid dienone is 1. The SMILES string of the molecule is COc1ncccc1CN=CC(=CN)NC(=O)C(NC(=O)c1ccnn1C1CC1)C1CCC(F)(F)CC1. The summed E-state index contributed by atoms with van der Waals surface area (Å²) in [6, 6.07) is 4.28. The van der Waals surface area contributed by atoms with E-state index in [9.17, 15) is 18.4 Å². The van der Waals surface area contributed by atoms with Crippen molar-refractivity contribution in [3.05, 3.63) is 53.7 Å². The first kappa shape index (κ1) is 26.2. The molecule has 1 unspecified atom stereocenters. The van der Waals surface area contributed by atoms with Crippen LogP contribution in [-0.2, 0) is 11.3 Å². The molecule has 4 rings (SSSR count). The first-order valence-electron chi connectivity index (χ1n) is 12.2. The lowest BCUT2D eigenvalue weighted by molar-refractivity contribution is -0.125. The number of carbonyl (C=O) groups excluding carboxylic acids is 2. The van der Waals surface area contributed by atoms with Gasteiger partial charge in [0.05, 0.1) is 25.4 Å². The summed E-state index contributed by atoms with van der Waals surface area (Å²) in [4.78, 5) is 34.8. The van der Waals surface area contributed by atoms with Crippen LogP contribution in [0.5, 0.6) is 5.88 Å². The van der Waals surface area contributed by atoms with E-state index in [1.54, 1.807) is 23.0 Å². The zero-order chi connectivity index (χ0) is 26.4. The molecule has 2 fully saturated rings. The Morgan fingerprint density at radius 1 is 1.27 bits per heavy atom. The summed E-state index contributed by atoms with van der Waals surface area (Å²) in [6.45, 7) is 0.229. The maximum absolute atomic E-state index is 13.8. The van der Waals surface area contributed by atoms with Crippen molar-refractivity contribution in [1.29, 1.82) is 0 Å². The maximum atomic E-state index is 13.8. The molecule has 2 aromatic heterocycles. The van der Waals surface area contributed by atoms with Crippen LogP contribution in [0.15, 0.2) is 47.5 Å². The highest BCUT2D eigenvalue weighted by molar-refractivity contribution is 5.98. The van der Waals surface area contributed by atoms with Crippen molar-refractivity contribution in [2.24, 2.45) is 16.6 Å². The van der Waals surface area contributed by atoms with Gasteiger partial charge in [-0.05, 0) is 43.7 Å². The van der Waals surface area contributed by atoms with Crippen molar-refractivity contribution < 1.29 is 23.1 Å². The van der Waals surface area contributed by atoms with E-state index >= 15 is 0 Å². The summed E-state index contributed by atoms with van der Waals surface area (Å²) < 4.78 is 34.5. The van der Waals surface area contributed by atoms with E-state index in [1.165, 1.54) is 25.7 Å². The van der Waals surface area contributed by atoms with Crippen LogP contribution in [0.25, 0.3) is 0 Å². The quantitative estimate of drug-likeness (QED) is 0.416. The molecule has 0 aromatic carbocycles. The second-order valence-electron chi connectivity index (χ2n) is 9.29. The number of rotatable bonds is 10. The molecule has 0 radical (unpaired) electrons. The molecule has 37 heavy (non-hydrogen) atoms. The van der Waals surface area contributed by atoms with Gasteiger partial charge >= 0.3 is 0 Å². The van der Waals surface area contributed by atoms with Crippen LogP contribution < -0.4 is 21.1 Å². The highest BCUT2D eigenvalue weighted by Gasteiger charge is 2.41. The molecule has 2 heterocycles. The number of pyridine rings is 1. The van der Waals surface area contributed by atoms with E-state index < -0.39 is 29.7 Å². The summed E-state index contributed by atoms with van der Waals surface area (Å²) >= 11 is 0. The normalized spacial score (nSPS) is 18.9. The second kappa shape index (κ2) is 11.5. The molecule has 2 aromatic rings. The molecule has 2 saturated carbocycles. The van der Waals surface area contributed by atoms with Crippen molar-refractivity contribution in [2.75, 3.05) is 7.11 Å². The Balaban J connectivity index is 1.46. The van der Waals surface area contributed by atoms with Gasteiger partial charge in [-0.3, -0.25) is 19.3 Å². The van der Waals surface area contributed by atoms with Gasteiger partial charge in [-0.25, -0.2) is 13.8 Å². The smallest absolute Gasteiger partial charge is 0.270 e. The Kier molecular flexibility index (Phi) is 8.14. The van der Waals surface area contributed by atoms with Gasteiger partial charge < -0.3 is 21.1 Å². The van der Waals surface area contributed by atoms with Crippen LogP contribution in [0.1, 0.15) is 60.6 Å². The molecule has 2 aliphatic carbocycles. The number of aliphatic imine (C=N–C) groups is 1. The molecule has 0 spiro atoms. The standard InChI is InChI=1S/C25H31F2N7O3/c1-37-24-17(3-2-11-30-24)14-29-15-18(13-28)32-23(36)21(16-6-9-25(26,27)10-7-16)33-22(35)20-8-12-31-34(20)19-4-5-19/h2-3,8,11-13,15-16,19,21H,4-7,9-10,14,28H2,1H3,(H,32,36)(H,33,35). The third-order valence-corrected chi connectivity index (χ3v) is 6.58. The highest BCUT2D eigenvalue weighted by atomic mass is 19.3. The molecule has 10 nitrogen and oxygen atoms in total. The van der Waals surface area contributed by atoms with Crippen LogP contribution in [-0.4, -0.2) is 51.9 Å². The molecule has 198 valence electrons. The van der Waals surface area contributed by atoms with Crippen molar-refractivity contribution in [3.8, 4) is 5.88 Å². The summed E-state index contributed by atoms with van der Waals surface area (Å²) in [7, 11) is 1.51. The van der Waals surface area contributed by atoms with Crippen molar-refractivity contribution in [2.45, 2.75) is 63.1 Å². The molecule has 2 aliphatic rings. The first-order chi connectivity index (χ1) is 17.8. The average Bonchev–Trinajstić information content (AvgIpc) is 3.62. The number of hydrogen-bond donors (Lipinski definition) is 3. The van der Waals surface area contributed by atoms with Gasteiger partial charge in [0.2, 0.25) is 17.7 Å². The Hall–Kier alpha value is -3.83. The molecule has 12 heteroatoms. The third kappa shape index (κ3) is 6.69. The van der Waals surface area contributed by atoms with Gasteiger partial charge in [0.25, 0.3) is 5.91 Å². The monoisotopic (exact) mass is 515 g/mol. The molecular formula is C25H31F2N7O3. The van der Waals surface area contributed by atoms with E-state index in [2.05, 4.69) is 25.7 Å². The van der Waals surface area contributed by atoms with Crippen molar-refractivity contribution in [1.82, 2.24) is 25.4 Å². The molecule has 1 atom stereocenters. The largest absolute Gasteiger partial charge is 0.481 e.